The first-order valence-corrected chi connectivity index (χ1v) is 7.02. The minimum atomic E-state index is -0.714. The van der Waals surface area contributed by atoms with E-state index in [9.17, 15) is 14.9 Å². The molecule has 1 aromatic rings. The van der Waals surface area contributed by atoms with Crippen LogP contribution < -0.4 is 10.1 Å². The monoisotopic (exact) mass is 292 g/mol. The molecule has 1 N–H and O–H groups in total. The quantitative estimate of drug-likeness (QED) is 0.643. The van der Waals surface area contributed by atoms with Gasteiger partial charge in [0.1, 0.15) is 11.7 Å². The number of nitrogens with zero attached hydrogens (tertiary/aromatic N) is 1. The molecule has 0 saturated heterocycles. The Morgan fingerprint density at radius 1 is 1.38 bits per heavy atom. The Kier molecular flexibility index (Phi) is 4.45. The highest BCUT2D eigenvalue weighted by Crippen LogP contribution is 2.34. The number of carbonyl (C=O) groups is 1. The van der Waals surface area contributed by atoms with E-state index < -0.39 is 12.0 Å². The maximum absolute atomic E-state index is 12.1. The second-order valence-electron chi connectivity index (χ2n) is 5.70. The summed E-state index contributed by atoms with van der Waals surface area (Å²) in [6.45, 7) is 4.01. The summed E-state index contributed by atoms with van der Waals surface area (Å²) in [5, 5.41) is 13.6. The summed E-state index contributed by atoms with van der Waals surface area (Å²) in [5.74, 6) is 0.226. The molecule has 0 radical (unpaired) electrons. The number of carbonyl (C=O) groups excluding carboxylic acids is 1. The SMILES string of the molecule is COc1ccc(C(NC(=O)C2CC2[N+](=O)[O-])C(C)C)cc1. The van der Waals surface area contributed by atoms with Gasteiger partial charge in [-0.2, -0.15) is 0 Å². The fraction of sp³-hybridized carbons (Fsp3) is 0.533. The molecule has 0 bridgehead atoms. The van der Waals surface area contributed by atoms with E-state index in [0.717, 1.165) is 11.3 Å². The molecule has 1 fully saturated rings. The molecule has 1 aliphatic carbocycles. The highest BCUT2D eigenvalue weighted by molar-refractivity contribution is 5.82. The number of amides is 1. The van der Waals surface area contributed by atoms with Crippen LogP contribution in [-0.4, -0.2) is 24.0 Å². The average molecular weight is 292 g/mol. The largest absolute Gasteiger partial charge is 0.497 e. The summed E-state index contributed by atoms with van der Waals surface area (Å²) in [7, 11) is 1.60. The van der Waals surface area contributed by atoms with Crippen molar-refractivity contribution in [3.63, 3.8) is 0 Å². The maximum atomic E-state index is 12.1. The van der Waals surface area contributed by atoms with Gasteiger partial charge in [-0.25, -0.2) is 0 Å². The Morgan fingerprint density at radius 3 is 2.43 bits per heavy atom. The van der Waals surface area contributed by atoms with Crippen LogP contribution in [0.1, 0.15) is 31.9 Å². The normalized spacial score (nSPS) is 21.7. The van der Waals surface area contributed by atoms with Crippen LogP contribution in [0.5, 0.6) is 5.75 Å². The van der Waals surface area contributed by atoms with Crippen LogP contribution in [0.15, 0.2) is 24.3 Å². The number of nitrogens with one attached hydrogen (secondary N) is 1. The van der Waals surface area contributed by atoms with Crippen LogP contribution in [-0.2, 0) is 4.79 Å². The van der Waals surface area contributed by atoms with E-state index in [-0.39, 0.29) is 22.8 Å². The summed E-state index contributed by atoms with van der Waals surface area (Å²) in [4.78, 5) is 22.4. The Morgan fingerprint density at radius 2 is 2.00 bits per heavy atom. The molecule has 114 valence electrons. The van der Waals surface area contributed by atoms with Crippen molar-refractivity contribution in [1.29, 1.82) is 0 Å². The van der Waals surface area contributed by atoms with Crippen molar-refractivity contribution < 1.29 is 14.5 Å². The number of ether oxygens (including phenoxy) is 1. The smallest absolute Gasteiger partial charge is 0.230 e. The molecule has 0 aromatic heterocycles. The fourth-order valence-electron chi connectivity index (χ4n) is 2.40. The second-order valence-corrected chi connectivity index (χ2v) is 5.70. The van der Waals surface area contributed by atoms with E-state index in [4.69, 9.17) is 4.74 Å². The van der Waals surface area contributed by atoms with Gasteiger partial charge in [0.05, 0.1) is 13.2 Å². The molecule has 6 nitrogen and oxygen atoms in total. The first-order chi connectivity index (χ1) is 9.93. The Bertz CT molecular complexity index is 527. The molecule has 21 heavy (non-hydrogen) atoms. The van der Waals surface area contributed by atoms with Crippen molar-refractivity contribution >= 4 is 5.91 Å². The molecule has 0 heterocycles. The Balaban J connectivity index is 2.05. The minimum Gasteiger partial charge on any atom is -0.497 e. The summed E-state index contributed by atoms with van der Waals surface area (Å²) < 4.78 is 5.12. The lowest BCUT2D eigenvalue weighted by Gasteiger charge is -2.23. The van der Waals surface area contributed by atoms with E-state index in [1.54, 1.807) is 7.11 Å². The molecule has 3 atom stereocenters. The molecule has 1 amide bonds. The summed E-state index contributed by atoms with van der Waals surface area (Å²) in [6, 6.07) is 6.62. The number of benzene rings is 1. The zero-order valence-electron chi connectivity index (χ0n) is 12.4. The third-order valence-corrected chi connectivity index (χ3v) is 3.80. The molecule has 1 saturated carbocycles. The van der Waals surface area contributed by atoms with Gasteiger partial charge >= 0.3 is 0 Å². The van der Waals surface area contributed by atoms with Gasteiger partial charge < -0.3 is 10.1 Å². The van der Waals surface area contributed by atoms with E-state index in [2.05, 4.69) is 5.32 Å². The minimum absolute atomic E-state index is 0.156. The van der Waals surface area contributed by atoms with Crippen molar-refractivity contribution in [1.82, 2.24) is 5.32 Å². The van der Waals surface area contributed by atoms with Gasteiger partial charge in [-0.15, -0.1) is 0 Å². The number of rotatable bonds is 6. The van der Waals surface area contributed by atoms with Crippen LogP contribution >= 0.6 is 0 Å². The number of nitro groups is 1. The summed E-state index contributed by atoms with van der Waals surface area (Å²) in [5.41, 5.74) is 0.970. The highest BCUT2D eigenvalue weighted by atomic mass is 16.6. The van der Waals surface area contributed by atoms with Crippen molar-refractivity contribution in [2.24, 2.45) is 11.8 Å². The second kappa shape index (κ2) is 6.11. The zero-order valence-corrected chi connectivity index (χ0v) is 12.4. The molecule has 3 unspecified atom stereocenters. The van der Waals surface area contributed by atoms with Gasteiger partial charge in [-0.05, 0) is 23.6 Å². The maximum Gasteiger partial charge on any atom is 0.230 e. The average Bonchev–Trinajstić information content (AvgIpc) is 3.25. The van der Waals surface area contributed by atoms with Crippen LogP contribution in [0.3, 0.4) is 0 Å². The number of hydrogen-bond donors (Lipinski definition) is 1. The summed E-state index contributed by atoms with van der Waals surface area (Å²) >= 11 is 0. The van der Waals surface area contributed by atoms with E-state index >= 15 is 0 Å². The third kappa shape index (κ3) is 3.51. The van der Waals surface area contributed by atoms with E-state index in [1.165, 1.54) is 0 Å². The Labute approximate surface area is 123 Å². The van der Waals surface area contributed by atoms with Crippen molar-refractivity contribution in [3.8, 4) is 5.75 Å². The lowest BCUT2D eigenvalue weighted by Crippen LogP contribution is -2.34. The first kappa shape index (κ1) is 15.3. The van der Waals surface area contributed by atoms with Gasteiger partial charge in [0.2, 0.25) is 11.9 Å². The van der Waals surface area contributed by atoms with E-state index in [0.29, 0.717) is 6.42 Å². The van der Waals surface area contributed by atoms with Gasteiger partial charge in [-0.3, -0.25) is 14.9 Å². The van der Waals surface area contributed by atoms with Crippen LogP contribution in [0.4, 0.5) is 0 Å². The van der Waals surface area contributed by atoms with Crippen molar-refractivity contribution in [2.45, 2.75) is 32.4 Å². The van der Waals surface area contributed by atoms with Gasteiger partial charge in [0.25, 0.3) is 0 Å². The number of hydrogen-bond acceptors (Lipinski definition) is 4. The molecular formula is C15H20N2O4. The zero-order chi connectivity index (χ0) is 15.6. The molecule has 0 aliphatic heterocycles. The van der Waals surface area contributed by atoms with Crippen LogP contribution in [0, 0.1) is 22.0 Å². The standard InChI is InChI=1S/C15H20N2O4/c1-9(2)14(10-4-6-11(21-3)7-5-10)16-15(18)12-8-13(12)17(19)20/h4-7,9,12-14H,8H2,1-3H3,(H,16,18). The van der Waals surface area contributed by atoms with Crippen molar-refractivity contribution in [2.75, 3.05) is 7.11 Å². The predicted molar refractivity (Wildman–Crippen MR) is 77.6 cm³/mol. The fourth-order valence-corrected chi connectivity index (χ4v) is 2.40. The summed E-state index contributed by atoms with van der Waals surface area (Å²) in [6.07, 6.45) is 0.340. The molecule has 0 spiro atoms. The lowest BCUT2D eigenvalue weighted by atomic mass is 9.95. The highest BCUT2D eigenvalue weighted by Gasteiger charge is 2.53. The van der Waals surface area contributed by atoms with Crippen LogP contribution in [0.2, 0.25) is 0 Å². The van der Waals surface area contributed by atoms with E-state index in [1.807, 2.05) is 38.1 Å². The van der Waals surface area contributed by atoms with Gasteiger partial charge in [0.15, 0.2) is 0 Å². The first-order valence-electron chi connectivity index (χ1n) is 7.02. The van der Waals surface area contributed by atoms with Crippen molar-refractivity contribution in [3.05, 3.63) is 39.9 Å². The van der Waals surface area contributed by atoms with Gasteiger partial charge in [0, 0.05) is 11.3 Å². The Hall–Kier alpha value is -2.11. The molecule has 1 aromatic carbocycles. The molecule has 1 aliphatic rings. The molecule has 2 rings (SSSR count). The molecule has 6 heteroatoms. The molecular weight excluding hydrogens is 272 g/mol. The lowest BCUT2D eigenvalue weighted by molar-refractivity contribution is -0.497. The topological polar surface area (TPSA) is 81.5 Å². The predicted octanol–water partition coefficient (Wildman–Crippen LogP) is 2.17. The number of methoxy groups -OCH3 is 1. The third-order valence-electron chi connectivity index (χ3n) is 3.80. The van der Waals surface area contributed by atoms with Crippen LogP contribution in [0.25, 0.3) is 0 Å². The van der Waals surface area contributed by atoms with Gasteiger partial charge in [-0.1, -0.05) is 26.0 Å².